The average Bonchev–Trinajstić information content (AvgIpc) is 2.88. The largest absolute Gasteiger partial charge is 0.325 e. The van der Waals surface area contributed by atoms with Gasteiger partial charge in [-0.1, -0.05) is 54.2 Å². The molecule has 2 aromatic heterocycles. The van der Waals surface area contributed by atoms with Gasteiger partial charge in [0, 0.05) is 29.1 Å². The van der Waals surface area contributed by atoms with Crippen LogP contribution in [-0.4, -0.2) is 27.4 Å². The molecule has 0 aliphatic heterocycles. The molecular weight excluding hydrogens is 432 g/mol. The Balaban J connectivity index is 1.49. The first-order valence-corrected chi connectivity index (χ1v) is 11.1. The third kappa shape index (κ3) is 5.32. The zero-order valence-electron chi connectivity index (χ0n) is 17.4. The molecule has 0 saturated heterocycles. The number of anilines is 1. The number of hydrogen-bond acceptors (Lipinski definition) is 6. The number of amides is 1. The summed E-state index contributed by atoms with van der Waals surface area (Å²) < 4.78 is 0. The molecule has 4 aromatic rings. The topological polar surface area (TPSA) is 95.7 Å². The summed E-state index contributed by atoms with van der Waals surface area (Å²) in [5.74, 6) is -0.436. The number of nitrogens with zero attached hydrogens (tertiary/aromatic N) is 3. The number of aromatic nitrogens is 2. The van der Waals surface area contributed by atoms with Gasteiger partial charge in [0.05, 0.1) is 22.7 Å². The maximum absolute atomic E-state index is 12.9. The Morgan fingerprint density at radius 3 is 2.48 bits per heavy atom. The fourth-order valence-corrected chi connectivity index (χ4v) is 3.94. The van der Waals surface area contributed by atoms with Gasteiger partial charge in [-0.15, -0.1) is 0 Å². The summed E-state index contributed by atoms with van der Waals surface area (Å²) in [4.78, 5) is 34.2. The van der Waals surface area contributed by atoms with Gasteiger partial charge in [-0.05, 0) is 36.4 Å². The molecule has 2 heterocycles. The minimum absolute atomic E-state index is 0.0338. The lowest BCUT2D eigenvalue weighted by Crippen LogP contribution is -2.17. The molecule has 0 spiro atoms. The van der Waals surface area contributed by atoms with Crippen LogP contribution in [-0.2, 0) is 4.79 Å². The summed E-state index contributed by atoms with van der Waals surface area (Å²) >= 11 is 1.17. The van der Waals surface area contributed by atoms with Crippen molar-refractivity contribution in [2.45, 2.75) is 5.03 Å². The smallest absolute Gasteiger partial charge is 0.234 e. The zero-order chi connectivity index (χ0) is 23.0. The minimum Gasteiger partial charge on any atom is -0.325 e. The normalized spacial score (nSPS) is 10.3. The van der Waals surface area contributed by atoms with Crippen molar-refractivity contribution >= 4 is 29.1 Å². The number of rotatable bonds is 7. The highest BCUT2D eigenvalue weighted by atomic mass is 32.2. The van der Waals surface area contributed by atoms with Crippen molar-refractivity contribution in [2.24, 2.45) is 0 Å². The molecule has 33 heavy (non-hydrogen) atoms. The summed E-state index contributed by atoms with van der Waals surface area (Å²) in [7, 11) is 0. The van der Waals surface area contributed by atoms with Crippen LogP contribution >= 0.6 is 11.8 Å². The molecule has 0 unspecified atom stereocenters. The fourth-order valence-electron chi connectivity index (χ4n) is 3.17. The van der Waals surface area contributed by atoms with Crippen molar-refractivity contribution in [3.63, 3.8) is 0 Å². The predicted octanol–water partition coefficient (Wildman–Crippen LogP) is 4.98. The quantitative estimate of drug-likeness (QED) is 0.315. The number of ketones is 1. The Morgan fingerprint density at radius 1 is 0.939 bits per heavy atom. The van der Waals surface area contributed by atoms with Crippen molar-refractivity contribution in [2.75, 3.05) is 11.1 Å². The summed E-state index contributed by atoms with van der Waals surface area (Å²) in [5.41, 5.74) is 3.28. The van der Waals surface area contributed by atoms with Gasteiger partial charge in [0.25, 0.3) is 0 Å². The summed E-state index contributed by atoms with van der Waals surface area (Å²) in [6.45, 7) is 0. The van der Waals surface area contributed by atoms with Gasteiger partial charge in [-0.25, -0.2) is 4.98 Å². The fraction of sp³-hybridized carbons (Fsp3) is 0.0385. The number of nitriles is 1. The summed E-state index contributed by atoms with van der Waals surface area (Å²) in [6.07, 6.45) is 3.36. The van der Waals surface area contributed by atoms with Gasteiger partial charge in [0.15, 0.2) is 5.78 Å². The average molecular weight is 451 g/mol. The second-order valence-corrected chi connectivity index (χ2v) is 7.94. The molecule has 7 heteroatoms. The molecule has 0 bridgehead atoms. The van der Waals surface area contributed by atoms with Crippen molar-refractivity contribution in [1.82, 2.24) is 9.97 Å². The molecule has 1 N–H and O–H groups in total. The van der Waals surface area contributed by atoms with E-state index in [2.05, 4.69) is 21.4 Å². The van der Waals surface area contributed by atoms with Crippen LogP contribution in [0.4, 0.5) is 5.69 Å². The maximum Gasteiger partial charge on any atom is 0.234 e. The molecule has 0 fully saturated rings. The van der Waals surface area contributed by atoms with Crippen LogP contribution in [0.2, 0.25) is 0 Å². The van der Waals surface area contributed by atoms with Crippen molar-refractivity contribution < 1.29 is 9.59 Å². The molecule has 1 amide bonds. The second kappa shape index (κ2) is 10.4. The molecule has 2 aromatic carbocycles. The Bertz CT molecular complexity index is 1340. The van der Waals surface area contributed by atoms with Crippen LogP contribution in [0, 0.1) is 11.3 Å². The van der Waals surface area contributed by atoms with E-state index in [-0.39, 0.29) is 17.4 Å². The van der Waals surface area contributed by atoms with Crippen LogP contribution in [0.15, 0.2) is 96.3 Å². The first-order chi connectivity index (χ1) is 16.2. The zero-order valence-corrected chi connectivity index (χ0v) is 18.3. The third-order valence-electron chi connectivity index (χ3n) is 4.76. The van der Waals surface area contributed by atoms with Gasteiger partial charge in [-0.2, -0.15) is 5.26 Å². The molecular formula is C26H18N4O2S. The number of benzene rings is 2. The first kappa shape index (κ1) is 21.9. The number of nitrogens with one attached hydrogen (secondary N) is 1. The number of para-hydroxylation sites is 1. The lowest BCUT2D eigenvalue weighted by Gasteiger charge is -2.11. The number of carbonyl (C=O) groups is 2. The third-order valence-corrected chi connectivity index (χ3v) is 5.75. The molecule has 4 rings (SSSR count). The minimum atomic E-state index is -0.300. The Hall–Kier alpha value is -4.28. The van der Waals surface area contributed by atoms with Crippen LogP contribution in [0.25, 0.3) is 11.3 Å². The molecule has 0 aliphatic rings. The van der Waals surface area contributed by atoms with E-state index in [0.717, 1.165) is 5.56 Å². The number of carbonyl (C=O) groups excluding carboxylic acids is 2. The summed E-state index contributed by atoms with van der Waals surface area (Å²) in [5, 5.41) is 12.7. The van der Waals surface area contributed by atoms with E-state index < -0.39 is 0 Å². The maximum atomic E-state index is 12.9. The number of pyridine rings is 2. The summed E-state index contributed by atoms with van der Waals surface area (Å²) in [6, 6.07) is 25.0. The van der Waals surface area contributed by atoms with Crippen molar-refractivity contribution in [1.29, 1.82) is 5.26 Å². The predicted molar refractivity (Wildman–Crippen MR) is 128 cm³/mol. The number of thioether (sulfide) groups is 1. The second-order valence-electron chi connectivity index (χ2n) is 6.98. The van der Waals surface area contributed by atoms with E-state index in [4.69, 9.17) is 0 Å². The van der Waals surface area contributed by atoms with E-state index in [9.17, 15) is 14.9 Å². The van der Waals surface area contributed by atoms with Crippen molar-refractivity contribution in [3.05, 3.63) is 108 Å². The van der Waals surface area contributed by atoms with Gasteiger partial charge in [-0.3, -0.25) is 14.6 Å². The van der Waals surface area contributed by atoms with Gasteiger partial charge >= 0.3 is 0 Å². The highest BCUT2D eigenvalue weighted by molar-refractivity contribution is 8.00. The van der Waals surface area contributed by atoms with E-state index in [1.165, 1.54) is 11.8 Å². The monoisotopic (exact) mass is 450 g/mol. The Morgan fingerprint density at radius 2 is 1.73 bits per heavy atom. The van der Waals surface area contributed by atoms with Crippen LogP contribution in [0.5, 0.6) is 0 Å². The molecule has 6 nitrogen and oxygen atoms in total. The highest BCUT2D eigenvalue weighted by Gasteiger charge is 2.16. The van der Waals surface area contributed by atoms with Crippen LogP contribution < -0.4 is 5.32 Å². The molecule has 0 saturated carbocycles. The Labute approximate surface area is 195 Å². The van der Waals surface area contributed by atoms with Crippen molar-refractivity contribution in [3.8, 4) is 17.3 Å². The van der Waals surface area contributed by atoms with Gasteiger partial charge < -0.3 is 5.32 Å². The van der Waals surface area contributed by atoms with Gasteiger partial charge in [0.1, 0.15) is 11.1 Å². The molecule has 0 radical (unpaired) electrons. The molecule has 0 aliphatic carbocycles. The van der Waals surface area contributed by atoms with E-state index in [0.29, 0.717) is 33.1 Å². The van der Waals surface area contributed by atoms with Gasteiger partial charge in [0.2, 0.25) is 5.91 Å². The molecule has 160 valence electrons. The van der Waals surface area contributed by atoms with Crippen LogP contribution in [0.1, 0.15) is 21.5 Å². The standard InChI is InChI=1S/C26H18N4O2S/c27-15-19-12-13-22(20-9-6-14-28-16-20)30-26(19)33-17-24(31)29-23-11-5-4-10-21(23)25(32)18-7-2-1-3-8-18/h1-14,16H,17H2,(H,29,31). The number of hydrogen-bond donors (Lipinski definition) is 1. The SMILES string of the molecule is N#Cc1ccc(-c2cccnc2)nc1SCC(=O)Nc1ccccc1C(=O)c1ccccc1. The van der Waals surface area contributed by atoms with E-state index in [1.807, 2.05) is 18.2 Å². The van der Waals surface area contributed by atoms with E-state index >= 15 is 0 Å². The highest BCUT2D eigenvalue weighted by Crippen LogP contribution is 2.26. The Kier molecular flexibility index (Phi) is 6.88. The lowest BCUT2D eigenvalue weighted by atomic mass is 10.0. The van der Waals surface area contributed by atoms with E-state index in [1.54, 1.807) is 73.1 Å². The lowest BCUT2D eigenvalue weighted by molar-refractivity contribution is -0.113. The molecule has 0 atom stereocenters. The first-order valence-electron chi connectivity index (χ1n) is 10.1. The van der Waals surface area contributed by atoms with Crippen LogP contribution in [0.3, 0.4) is 0 Å².